The maximum absolute atomic E-state index is 6.31. The third-order valence-electron chi connectivity index (χ3n) is 3.49. The first kappa shape index (κ1) is 15.5. The van der Waals surface area contributed by atoms with E-state index in [-0.39, 0.29) is 11.5 Å². The normalized spacial score (nSPS) is 17.6. The molecule has 1 aromatic rings. The third-order valence-corrected chi connectivity index (χ3v) is 5.33. The highest BCUT2D eigenvalue weighted by Crippen LogP contribution is 2.41. The van der Waals surface area contributed by atoms with Gasteiger partial charge in [-0.05, 0) is 30.0 Å². The second-order valence-corrected chi connectivity index (χ2v) is 7.50. The fourth-order valence-electron chi connectivity index (χ4n) is 2.36. The van der Waals surface area contributed by atoms with E-state index in [1.807, 2.05) is 17.8 Å². The Morgan fingerprint density at radius 2 is 1.85 bits per heavy atom. The molecule has 1 aliphatic rings. The maximum Gasteiger partial charge on any atom is 0.162 e. The number of hydrogen-bond acceptors (Lipinski definition) is 4. The van der Waals surface area contributed by atoms with E-state index in [1.54, 1.807) is 0 Å². The van der Waals surface area contributed by atoms with E-state index >= 15 is 0 Å². The van der Waals surface area contributed by atoms with Crippen LogP contribution in [-0.2, 0) is 0 Å². The van der Waals surface area contributed by atoms with Crippen LogP contribution in [0.15, 0.2) is 23.1 Å². The number of rotatable bonds is 4. The summed E-state index contributed by atoms with van der Waals surface area (Å²) in [6.07, 6.45) is 0.986. The van der Waals surface area contributed by atoms with Crippen molar-refractivity contribution in [2.45, 2.75) is 50.3 Å². The molecule has 4 heteroatoms. The second-order valence-electron chi connectivity index (χ2n) is 6.28. The van der Waals surface area contributed by atoms with Gasteiger partial charge in [-0.15, -0.1) is 11.8 Å². The average Bonchev–Trinajstić information content (AvgIpc) is 2.42. The highest BCUT2D eigenvalue weighted by molar-refractivity contribution is 8.00. The molecule has 0 spiro atoms. The first-order valence-electron chi connectivity index (χ1n) is 7.23. The zero-order valence-corrected chi connectivity index (χ0v) is 13.6. The predicted molar refractivity (Wildman–Crippen MR) is 84.8 cm³/mol. The molecule has 0 amide bonds. The molecule has 0 bridgehead atoms. The minimum Gasteiger partial charge on any atom is -0.486 e. The van der Waals surface area contributed by atoms with Crippen molar-refractivity contribution in [1.29, 1.82) is 0 Å². The summed E-state index contributed by atoms with van der Waals surface area (Å²) < 4.78 is 11.2. The van der Waals surface area contributed by atoms with E-state index in [1.165, 1.54) is 4.90 Å². The molecule has 20 heavy (non-hydrogen) atoms. The van der Waals surface area contributed by atoms with E-state index in [9.17, 15) is 0 Å². The van der Waals surface area contributed by atoms with Crippen molar-refractivity contribution in [1.82, 2.24) is 0 Å². The molecule has 2 atom stereocenters. The van der Waals surface area contributed by atoms with Gasteiger partial charge in [-0.1, -0.05) is 27.7 Å². The van der Waals surface area contributed by atoms with Gasteiger partial charge in [0.1, 0.15) is 13.2 Å². The van der Waals surface area contributed by atoms with Crippen LogP contribution in [0.4, 0.5) is 0 Å². The minimum absolute atomic E-state index is 0.160. The van der Waals surface area contributed by atoms with Crippen molar-refractivity contribution in [2.75, 3.05) is 13.2 Å². The summed E-state index contributed by atoms with van der Waals surface area (Å²) in [6, 6.07) is 6.35. The van der Waals surface area contributed by atoms with Gasteiger partial charge in [-0.2, -0.15) is 0 Å². The smallest absolute Gasteiger partial charge is 0.162 e. The summed E-state index contributed by atoms with van der Waals surface area (Å²) in [5.74, 6) is 1.69. The van der Waals surface area contributed by atoms with E-state index < -0.39 is 0 Å². The van der Waals surface area contributed by atoms with Crippen LogP contribution in [0, 0.1) is 5.41 Å². The SMILES string of the molecule is CCC(N)C(Sc1ccc2c(c1)OCCO2)C(C)(C)C. The number of benzene rings is 1. The molecule has 1 aliphatic heterocycles. The van der Waals surface area contributed by atoms with Crippen LogP contribution >= 0.6 is 11.8 Å². The molecule has 112 valence electrons. The molecule has 0 saturated heterocycles. The lowest BCUT2D eigenvalue weighted by Gasteiger charge is -2.34. The van der Waals surface area contributed by atoms with Crippen LogP contribution in [-0.4, -0.2) is 24.5 Å². The molecule has 1 aromatic carbocycles. The van der Waals surface area contributed by atoms with Gasteiger partial charge in [0.05, 0.1) is 0 Å². The summed E-state index contributed by atoms with van der Waals surface area (Å²) in [4.78, 5) is 1.19. The van der Waals surface area contributed by atoms with Crippen molar-refractivity contribution < 1.29 is 9.47 Å². The van der Waals surface area contributed by atoms with Crippen LogP contribution in [0.5, 0.6) is 11.5 Å². The predicted octanol–water partition coefficient (Wildman–Crippen LogP) is 3.70. The molecule has 2 unspecified atom stereocenters. The van der Waals surface area contributed by atoms with E-state index in [0.717, 1.165) is 17.9 Å². The van der Waals surface area contributed by atoms with Gasteiger partial charge in [-0.3, -0.25) is 0 Å². The largest absolute Gasteiger partial charge is 0.486 e. The Morgan fingerprint density at radius 3 is 2.45 bits per heavy atom. The summed E-state index contributed by atoms with van der Waals surface area (Å²) in [5, 5.41) is 0.370. The van der Waals surface area contributed by atoms with Gasteiger partial charge in [0.15, 0.2) is 11.5 Å². The standard InChI is InChI=1S/C16H25NO2S/c1-5-12(17)15(16(2,3)4)20-11-6-7-13-14(10-11)19-9-8-18-13/h6-7,10,12,15H,5,8-9,17H2,1-4H3. The Bertz CT molecular complexity index is 456. The lowest BCUT2D eigenvalue weighted by Crippen LogP contribution is -2.40. The van der Waals surface area contributed by atoms with Crippen LogP contribution in [0.25, 0.3) is 0 Å². The molecular formula is C16H25NO2S. The highest BCUT2D eigenvalue weighted by atomic mass is 32.2. The summed E-state index contributed by atoms with van der Waals surface area (Å²) in [7, 11) is 0. The Morgan fingerprint density at radius 1 is 1.20 bits per heavy atom. The van der Waals surface area contributed by atoms with Crippen LogP contribution in [0.3, 0.4) is 0 Å². The average molecular weight is 295 g/mol. The van der Waals surface area contributed by atoms with Gasteiger partial charge >= 0.3 is 0 Å². The molecule has 2 rings (SSSR count). The topological polar surface area (TPSA) is 44.5 Å². The van der Waals surface area contributed by atoms with E-state index in [0.29, 0.717) is 18.5 Å². The first-order chi connectivity index (χ1) is 9.41. The molecule has 0 aromatic heterocycles. The lowest BCUT2D eigenvalue weighted by molar-refractivity contribution is 0.171. The van der Waals surface area contributed by atoms with Crippen molar-refractivity contribution in [3.8, 4) is 11.5 Å². The maximum atomic E-state index is 6.31. The lowest BCUT2D eigenvalue weighted by atomic mass is 9.87. The number of hydrogen-bond donors (Lipinski definition) is 1. The fourth-order valence-corrected chi connectivity index (χ4v) is 3.70. The zero-order chi connectivity index (χ0) is 14.8. The molecular weight excluding hydrogens is 270 g/mol. The number of thioether (sulfide) groups is 1. The minimum atomic E-state index is 0.160. The van der Waals surface area contributed by atoms with Crippen molar-refractivity contribution in [3.05, 3.63) is 18.2 Å². The van der Waals surface area contributed by atoms with Crippen molar-refractivity contribution >= 4 is 11.8 Å². The molecule has 0 aliphatic carbocycles. The van der Waals surface area contributed by atoms with Gasteiger partial charge in [0.25, 0.3) is 0 Å². The van der Waals surface area contributed by atoms with Crippen molar-refractivity contribution in [2.24, 2.45) is 11.1 Å². The Hall–Kier alpha value is -0.870. The Balaban J connectivity index is 2.18. The first-order valence-corrected chi connectivity index (χ1v) is 8.11. The van der Waals surface area contributed by atoms with Crippen molar-refractivity contribution in [3.63, 3.8) is 0 Å². The number of fused-ring (bicyclic) bond motifs is 1. The molecule has 0 saturated carbocycles. The fraction of sp³-hybridized carbons (Fsp3) is 0.625. The quantitative estimate of drug-likeness (QED) is 0.860. The third kappa shape index (κ3) is 3.61. The van der Waals surface area contributed by atoms with E-state index in [2.05, 4.69) is 39.8 Å². The highest BCUT2D eigenvalue weighted by Gasteiger charge is 2.30. The van der Waals surface area contributed by atoms with Gasteiger partial charge in [0.2, 0.25) is 0 Å². The zero-order valence-electron chi connectivity index (χ0n) is 12.8. The Labute approximate surface area is 126 Å². The molecule has 0 fully saturated rings. The number of ether oxygens (including phenoxy) is 2. The van der Waals surface area contributed by atoms with E-state index in [4.69, 9.17) is 15.2 Å². The summed E-state index contributed by atoms with van der Waals surface area (Å²) in [5.41, 5.74) is 6.47. The number of nitrogens with two attached hydrogens (primary N) is 1. The monoisotopic (exact) mass is 295 g/mol. The van der Waals surface area contributed by atoms with Gasteiger partial charge in [-0.25, -0.2) is 0 Å². The molecule has 2 N–H and O–H groups in total. The molecule has 0 radical (unpaired) electrons. The van der Waals surface area contributed by atoms with Crippen LogP contribution in [0.1, 0.15) is 34.1 Å². The van der Waals surface area contributed by atoms with Gasteiger partial charge < -0.3 is 15.2 Å². The van der Waals surface area contributed by atoms with Crippen LogP contribution < -0.4 is 15.2 Å². The van der Waals surface area contributed by atoms with Crippen LogP contribution in [0.2, 0.25) is 0 Å². The Kier molecular flexibility index (Phi) is 4.86. The summed E-state index contributed by atoms with van der Waals surface area (Å²) >= 11 is 1.84. The van der Waals surface area contributed by atoms with Gasteiger partial charge in [0, 0.05) is 16.2 Å². The second kappa shape index (κ2) is 6.27. The summed E-state index contributed by atoms with van der Waals surface area (Å²) in [6.45, 7) is 10.1. The molecule has 3 nitrogen and oxygen atoms in total. The molecule has 1 heterocycles.